The van der Waals surface area contributed by atoms with Crippen LogP contribution in [0.2, 0.25) is 0 Å². The van der Waals surface area contributed by atoms with Crippen LogP contribution in [-0.2, 0) is 5.41 Å². The molecule has 0 fully saturated rings. The second-order valence-electron chi connectivity index (χ2n) is 16.6. The van der Waals surface area contributed by atoms with Crippen LogP contribution in [0.15, 0.2) is 213 Å². The molecule has 3 heteroatoms. The molecule has 11 rings (SSSR count). The quantitative estimate of drug-likeness (QED) is 0.165. The molecular weight excluding hydrogens is 757 g/mol. The fourth-order valence-corrected chi connectivity index (χ4v) is 10.6. The van der Waals surface area contributed by atoms with Gasteiger partial charge in [-0.1, -0.05) is 148 Å². The monoisotopic (exact) mass is 800 g/mol. The molecule has 0 saturated heterocycles. The van der Waals surface area contributed by atoms with Gasteiger partial charge in [-0.2, -0.15) is 0 Å². The molecule has 9 aromatic rings. The van der Waals surface area contributed by atoms with Crippen molar-refractivity contribution >= 4 is 65.5 Å². The maximum atomic E-state index is 4.52. The Balaban J connectivity index is 1.01. The fourth-order valence-electron chi connectivity index (χ4n) is 9.48. The maximum Gasteiger partial charge on any atom is 0.0493 e. The molecule has 61 heavy (non-hydrogen) atoms. The highest BCUT2D eigenvalue weighted by molar-refractivity contribution is 7.25. The zero-order valence-corrected chi connectivity index (χ0v) is 35.2. The molecule has 292 valence electrons. The van der Waals surface area contributed by atoms with Crippen molar-refractivity contribution < 1.29 is 0 Å². The molecule has 0 atom stereocenters. The Morgan fingerprint density at radius 2 is 1.20 bits per heavy atom. The summed E-state index contributed by atoms with van der Waals surface area (Å²) in [6.07, 6.45) is 8.51. The van der Waals surface area contributed by atoms with Gasteiger partial charge in [0.25, 0.3) is 0 Å². The van der Waals surface area contributed by atoms with Gasteiger partial charge in [0.2, 0.25) is 0 Å². The molecule has 8 aromatic carbocycles. The Bertz CT molecular complexity index is 3220. The Labute approximate surface area is 362 Å². The minimum Gasteiger partial charge on any atom is -0.337 e. The number of benzene rings is 8. The second kappa shape index (κ2) is 14.8. The van der Waals surface area contributed by atoms with Crippen LogP contribution in [-0.4, -0.2) is 6.54 Å². The highest BCUT2D eigenvalue weighted by atomic mass is 32.1. The van der Waals surface area contributed by atoms with Crippen molar-refractivity contribution in [3.63, 3.8) is 0 Å². The second-order valence-corrected chi connectivity index (χ2v) is 17.7. The topological polar surface area (TPSA) is 6.48 Å². The first kappa shape index (κ1) is 36.8. The zero-order chi connectivity index (χ0) is 41.1. The van der Waals surface area contributed by atoms with Crippen molar-refractivity contribution in [2.75, 3.05) is 16.3 Å². The third-order valence-corrected chi connectivity index (χ3v) is 13.8. The van der Waals surface area contributed by atoms with E-state index in [1.807, 2.05) is 11.3 Å². The van der Waals surface area contributed by atoms with Crippen LogP contribution in [0.25, 0.3) is 59.1 Å². The summed E-state index contributed by atoms with van der Waals surface area (Å²) >= 11 is 1.86. The third kappa shape index (κ3) is 6.41. The first-order chi connectivity index (χ1) is 29.9. The molecule has 0 spiro atoms. The van der Waals surface area contributed by atoms with E-state index in [1.165, 1.54) is 53.6 Å². The normalized spacial score (nSPS) is 15.0. The largest absolute Gasteiger partial charge is 0.337 e. The highest BCUT2D eigenvalue weighted by Crippen LogP contribution is 2.51. The smallest absolute Gasteiger partial charge is 0.0493 e. The van der Waals surface area contributed by atoms with Gasteiger partial charge < -0.3 is 9.80 Å². The Kier molecular flexibility index (Phi) is 8.95. The average molecular weight is 801 g/mol. The minimum absolute atomic E-state index is 0.118. The van der Waals surface area contributed by atoms with Gasteiger partial charge in [-0.05, 0) is 129 Å². The summed E-state index contributed by atoms with van der Waals surface area (Å²) in [6, 6.07) is 67.1. The number of hydrogen-bond acceptors (Lipinski definition) is 3. The van der Waals surface area contributed by atoms with Crippen molar-refractivity contribution in [2.45, 2.75) is 19.3 Å². The van der Waals surface area contributed by atoms with Gasteiger partial charge in [0.1, 0.15) is 0 Å². The maximum absolute atomic E-state index is 4.52. The number of rotatable bonds is 6. The standard InChI is InChI=1S/C58H44N2S/c1-39-15-6-5-13-34-59(44-17-7-4-8-18-44)55-32-26-42(36-51(39)55)40-24-28-45(29-25-40)60(47-30-31-49-48-20-9-11-22-53(48)58(2,3)54(49)38-47)46-19-14-16-41(35-46)43-27-33-57-52(37-43)50-21-10-12-23-56(50)61-57/h4-33,35-38H,1,34H2,2-3H3/b13-5-,15-6-. The molecule has 0 bridgehead atoms. The predicted octanol–water partition coefficient (Wildman–Crippen LogP) is 16.4. The van der Waals surface area contributed by atoms with Crippen LogP contribution >= 0.6 is 11.3 Å². The van der Waals surface area contributed by atoms with Crippen LogP contribution in [0.1, 0.15) is 30.5 Å². The number of anilines is 5. The van der Waals surface area contributed by atoms with Crippen LogP contribution in [0.5, 0.6) is 0 Å². The molecule has 0 amide bonds. The van der Waals surface area contributed by atoms with E-state index in [1.54, 1.807) is 0 Å². The molecule has 1 aromatic heterocycles. The number of para-hydroxylation sites is 1. The van der Waals surface area contributed by atoms with E-state index < -0.39 is 0 Å². The van der Waals surface area contributed by atoms with Gasteiger partial charge in [-0.3, -0.25) is 0 Å². The summed E-state index contributed by atoms with van der Waals surface area (Å²) in [5.41, 5.74) is 17.7. The van der Waals surface area contributed by atoms with Crippen molar-refractivity contribution in [1.82, 2.24) is 0 Å². The van der Waals surface area contributed by atoms with Gasteiger partial charge in [0, 0.05) is 66.1 Å². The molecule has 1 aliphatic carbocycles. The molecule has 0 radical (unpaired) electrons. The number of allylic oxidation sites excluding steroid dienone is 4. The summed E-state index contributed by atoms with van der Waals surface area (Å²) in [5.74, 6) is 0. The van der Waals surface area contributed by atoms with Gasteiger partial charge in [-0.25, -0.2) is 0 Å². The van der Waals surface area contributed by atoms with E-state index >= 15 is 0 Å². The average Bonchev–Trinajstić information content (AvgIpc) is 3.81. The van der Waals surface area contributed by atoms with Crippen molar-refractivity contribution in [2.24, 2.45) is 0 Å². The van der Waals surface area contributed by atoms with Crippen LogP contribution < -0.4 is 9.80 Å². The Morgan fingerprint density at radius 1 is 0.508 bits per heavy atom. The summed E-state index contributed by atoms with van der Waals surface area (Å²) in [6.45, 7) is 10.00. The number of nitrogens with zero attached hydrogens (tertiary/aromatic N) is 2. The molecule has 2 aliphatic rings. The molecule has 1 aliphatic heterocycles. The van der Waals surface area contributed by atoms with Gasteiger partial charge in [-0.15, -0.1) is 11.3 Å². The highest BCUT2D eigenvalue weighted by Gasteiger charge is 2.35. The fraction of sp³-hybridized carbons (Fsp3) is 0.0690. The zero-order valence-electron chi connectivity index (χ0n) is 34.3. The lowest BCUT2D eigenvalue weighted by molar-refractivity contribution is 0.660. The lowest BCUT2D eigenvalue weighted by Gasteiger charge is -2.29. The van der Waals surface area contributed by atoms with Gasteiger partial charge in [0.05, 0.1) is 0 Å². The van der Waals surface area contributed by atoms with Crippen molar-refractivity contribution in [3.8, 4) is 33.4 Å². The van der Waals surface area contributed by atoms with E-state index in [9.17, 15) is 0 Å². The van der Waals surface area contributed by atoms with E-state index in [-0.39, 0.29) is 5.41 Å². The summed E-state index contributed by atoms with van der Waals surface area (Å²) in [4.78, 5) is 4.78. The number of fused-ring (bicyclic) bond motifs is 7. The predicted molar refractivity (Wildman–Crippen MR) is 263 cm³/mol. The SMILES string of the molecule is C=C1/C=C\C=C/CN(c2ccccc2)c2ccc(-c3ccc(N(c4cccc(-c5ccc6sc7ccccc7c6c5)c4)c4ccc5c(c4)C(C)(C)c4ccccc4-5)cc3)cc21. The molecule has 0 saturated carbocycles. The Morgan fingerprint density at radius 3 is 2.08 bits per heavy atom. The lowest BCUT2D eigenvalue weighted by Crippen LogP contribution is -2.18. The summed E-state index contributed by atoms with van der Waals surface area (Å²) in [5, 5.41) is 2.63. The van der Waals surface area contributed by atoms with Crippen LogP contribution in [0.4, 0.5) is 28.4 Å². The number of hydrogen-bond donors (Lipinski definition) is 0. The molecule has 0 N–H and O–H groups in total. The first-order valence-electron chi connectivity index (χ1n) is 21.1. The molecular formula is C58H44N2S. The minimum atomic E-state index is -0.118. The van der Waals surface area contributed by atoms with E-state index in [2.05, 4.69) is 237 Å². The summed E-state index contributed by atoms with van der Waals surface area (Å²) < 4.78 is 2.64. The van der Waals surface area contributed by atoms with Gasteiger partial charge >= 0.3 is 0 Å². The molecule has 2 nitrogen and oxygen atoms in total. The third-order valence-electron chi connectivity index (χ3n) is 12.6. The van der Waals surface area contributed by atoms with E-state index in [4.69, 9.17) is 0 Å². The van der Waals surface area contributed by atoms with Gasteiger partial charge in [0.15, 0.2) is 0 Å². The lowest BCUT2D eigenvalue weighted by atomic mass is 9.82. The first-order valence-corrected chi connectivity index (χ1v) is 21.9. The van der Waals surface area contributed by atoms with E-state index in [0.29, 0.717) is 0 Å². The Hall–Kier alpha value is -7.20. The van der Waals surface area contributed by atoms with Crippen LogP contribution in [0, 0.1) is 0 Å². The number of thiophene rings is 1. The van der Waals surface area contributed by atoms with Crippen molar-refractivity contribution in [3.05, 3.63) is 230 Å². The van der Waals surface area contributed by atoms with Crippen molar-refractivity contribution in [1.29, 1.82) is 0 Å². The van der Waals surface area contributed by atoms with Crippen LogP contribution in [0.3, 0.4) is 0 Å². The molecule has 2 heterocycles. The summed E-state index contributed by atoms with van der Waals surface area (Å²) in [7, 11) is 0. The van der Waals surface area contributed by atoms with E-state index in [0.717, 1.165) is 57.2 Å². The molecule has 0 unspecified atom stereocenters.